The van der Waals surface area contributed by atoms with Crippen molar-refractivity contribution in [3.05, 3.63) is 24.3 Å². The van der Waals surface area contributed by atoms with Gasteiger partial charge in [0.2, 0.25) is 0 Å². The van der Waals surface area contributed by atoms with Crippen molar-refractivity contribution in [2.24, 2.45) is 4.36 Å². The molecule has 3 N–H and O–H groups in total. The second-order valence-electron chi connectivity index (χ2n) is 3.32. The number of hydrogen-bond acceptors (Lipinski definition) is 3. The summed E-state index contributed by atoms with van der Waals surface area (Å²) in [5.41, 5.74) is 6.66. The fourth-order valence-electron chi connectivity index (χ4n) is 0.912. The Balaban J connectivity index is 2.76. The van der Waals surface area contributed by atoms with E-state index < -0.39 is 15.8 Å². The summed E-state index contributed by atoms with van der Waals surface area (Å²) in [6.07, 6.45) is 2.80. The number of nitrogen functional groups attached to an aromatic ring is 1. The molecule has 0 fully saturated rings. The Bertz CT molecular complexity index is 465. The van der Waals surface area contributed by atoms with Gasteiger partial charge in [0, 0.05) is 23.9 Å². The number of nitrogens with zero attached hydrogens (tertiary/aromatic N) is 1. The van der Waals surface area contributed by atoms with Crippen LogP contribution in [0.1, 0.15) is 0 Å². The van der Waals surface area contributed by atoms with Crippen LogP contribution in [0.3, 0.4) is 0 Å². The molecule has 0 spiro atoms. The van der Waals surface area contributed by atoms with Crippen LogP contribution in [-0.4, -0.2) is 22.8 Å². The van der Waals surface area contributed by atoms with Gasteiger partial charge in [0.05, 0.1) is 9.73 Å². The third-order valence-electron chi connectivity index (χ3n) is 1.46. The fraction of sp³-hybridized carbons (Fsp3) is 0.222. The molecule has 0 aliphatic heterocycles. The number of rotatable bonds is 1. The van der Waals surface area contributed by atoms with Gasteiger partial charge >= 0.3 is 6.03 Å². The maximum Gasteiger partial charge on any atom is 0.353 e. The molecule has 0 unspecified atom stereocenters. The van der Waals surface area contributed by atoms with E-state index in [9.17, 15) is 9.00 Å². The Labute approximate surface area is 88.9 Å². The highest BCUT2D eigenvalue weighted by Crippen LogP contribution is 2.10. The normalized spacial score (nSPS) is 10.8. The first-order valence-electron chi connectivity index (χ1n) is 4.20. The predicted molar refractivity (Wildman–Crippen MR) is 62.3 cm³/mol. The lowest BCUT2D eigenvalue weighted by Gasteiger charge is -2.02. The molecule has 2 amide bonds. The minimum atomic E-state index is -2.41. The summed E-state index contributed by atoms with van der Waals surface area (Å²) < 4.78 is 14.7. The number of amides is 2. The van der Waals surface area contributed by atoms with Crippen molar-refractivity contribution in [2.45, 2.75) is 0 Å². The van der Waals surface area contributed by atoms with Crippen molar-refractivity contribution in [3.63, 3.8) is 0 Å². The van der Waals surface area contributed by atoms with E-state index >= 15 is 0 Å². The second-order valence-corrected chi connectivity index (χ2v) is 5.87. The molecule has 0 aliphatic carbocycles. The van der Waals surface area contributed by atoms with Gasteiger partial charge in [-0.05, 0) is 24.3 Å². The monoisotopic (exact) mass is 227 g/mol. The summed E-state index contributed by atoms with van der Waals surface area (Å²) in [7, 11) is -2.41. The summed E-state index contributed by atoms with van der Waals surface area (Å²) in [6.45, 7) is 0. The van der Waals surface area contributed by atoms with E-state index in [1.165, 1.54) is 12.5 Å². The number of nitrogens with one attached hydrogen (secondary N) is 1. The molecule has 0 heterocycles. The molecule has 0 aliphatic rings. The molecule has 0 atom stereocenters. The van der Waals surface area contributed by atoms with Crippen LogP contribution in [0.2, 0.25) is 0 Å². The van der Waals surface area contributed by atoms with E-state index in [-0.39, 0.29) is 0 Å². The minimum Gasteiger partial charge on any atom is -0.399 e. The first kappa shape index (κ1) is 11.5. The van der Waals surface area contributed by atoms with Crippen LogP contribution in [0.4, 0.5) is 16.2 Å². The van der Waals surface area contributed by atoms with Crippen LogP contribution in [0, 0.1) is 0 Å². The lowest BCUT2D eigenvalue weighted by molar-refractivity contribution is 0.260. The molecule has 0 bridgehead atoms. The van der Waals surface area contributed by atoms with Crippen LogP contribution < -0.4 is 11.1 Å². The number of benzene rings is 1. The molecule has 0 radical (unpaired) electrons. The Hall–Kier alpha value is -1.56. The molecule has 1 aromatic rings. The lowest BCUT2D eigenvalue weighted by atomic mass is 10.3. The molecule has 15 heavy (non-hydrogen) atoms. The zero-order chi connectivity index (χ0) is 11.5. The second kappa shape index (κ2) is 4.31. The van der Waals surface area contributed by atoms with Crippen molar-refractivity contribution in [1.29, 1.82) is 0 Å². The highest BCUT2D eigenvalue weighted by Gasteiger charge is 2.01. The number of anilines is 2. The quantitative estimate of drug-likeness (QED) is 0.713. The van der Waals surface area contributed by atoms with E-state index in [1.807, 2.05) is 0 Å². The van der Waals surface area contributed by atoms with Gasteiger partial charge in [-0.2, -0.15) is 0 Å². The SMILES string of the molecule is CS(C)(=O)=NC(=O)Nc1ccc(N)cc1. The first-order chi connectivity index (χ1) is 6.87. The van der Waals surface area contributed by atoms with Gasteiger partial charge in [-0.1, -0.05) is 0 Å². The van der Waals surface area contributed by atoms with Crippen LogP contribution in [0.15, 0.2) is 28.6 Å². The topological polar surface area (TPSA) is 84.5 Å². The third-order valence-corrected chi connectivity index (χ3v) is 2.07. The molecule has 0 aromatic heterocycles. The minimum absolute atomic E-state index is 0.571. The summed E-state index contributed by atoms with van der Waals surface area (Å²) in [5, 5.41) is 2.49. The van der Waals surface area contributed by atoms with Gasteiger partial charge in [0.1, 0.15) is 0 Å². The number of urea groups is 1. The summed E-state index contributed by atoms with van der Waals surface area (Å²) in [5.74, 6) is 0. The molecule has 6 heteroatoms. The average molecular weight is 227 g/mol. The van der Waals surface area contributed by atoms with Crippen molar-refractivity contribution in [1.82, 2.24) is 0 Å². The van der Waals surface area contributed by atoms with Crippen molar-refractivity contribution < 1.29 is 9.00 Å². The van der Waals surface area contributed by atoms with Crippen LogP contribution >= 0.6 is 0 Å². The average Bonchev–Trinajstić information content (AvgIpc) is 2.05. The predicted octanol–water partition coefficient (Wildman–Crippen LogP) is 1.53. The van der Waals surface area contributed by atoms with Crippen molar-refractivity contribution >= 4 is 27.1 Å². The van der Waals surface area contributed by atoms with E-state index in [0.29, 0.717) is 11.4 Å². The number of carbonyl (C=O) groups is 1. The Morgan fingerprint density at radius 2 is 1.87 bits per heavy atom. The maximum absolute atomic E-state index is 11.2. The van der Waals surface area contributed by atoms with E-state index in [4.69, 9.17) is 5.73 Å². The Morgan fingerprint density at radius 3 is 2.33 bits per heavy atom. The van der Waals surface area contributed by atoms with Crippen molar-refractivity contribution in [3.8, 4) is 0 Å². The van der Waals surface area contributed by atoms with Crippen LogP contribution in [0.25, 0.3) is 0 Å². The zero-order valence-electron chi connectivity index (χ0n) is 8.56. The van der Waals surface area contributed by atoms with Gasteiger partial charge < -0.3 is 11.1 Å². The Morgan fingerprint density at radius 1 is 1.33 bits per heavy atom. The van der Waals surface area contributed by atoms with Gasteiger partial charge in [0.25, 0.3) is 0 Å². The standard InChI is InChI=1S/C9H13N3O2S/c1-15(2,14)12-9(13)11-8-5-3-7(10)4-6-8/h3-6H,10H2,1-2H3,(H,11,13). The van der Waals surface area contributed by atoms with Gasteiger partial charge in [-0.25, -0.2) is 9.00 Å². The number of carbonyl (C=O) groups excluding carboxylic acids is 1. The van der Waals surface area contributed by atoms with E-state index in [1.54, 1.807) is 24.3 Å². The van der Waals surface area contributed by atoms with Crippen LogP contribution in [-0.2, 0) is 9.73 Å². The number of hydrogen-bond donors (Lipinski definition) is 2. The van der Waals surface area contributed by atoms with E-state index in [2.05, 4.69) is 9.68 Å². The Kier molecular flexibility index (Phi) is 3.31. The molecular formula is C9H13N3O2S. The molecule has 1 aromatic carbocycles. The van der Waals surface area contributed by atoms with Gasteiger partial charge in [0.15, 0.2) is 0 Å². The third kappa shape index (κ3) is 4.46. The molecule has 0 saturated heterocycles. The highest BCUT2D eigenvalue weighted by molar-refractivity contribution is 7.92. The largest absolute Gasteiger partial charge is 0.399 e. The smallest absolute Gasteiger partial charge is 0.353 e. The van der Waals surface area contributed by atoms with Gasteiger partial charge in [-0.3, -0.25) is 0 Å². The summed E-state index contributed by atoms with van der Waals surface area (Å²) >= 11 is 0. The summed E-state index contributed by atoms with van der Waals surface area (Å²) in [6, 6.07) is 6.00. The molecule has 82 valence electrons. The highest BCUT2D eigenvalue weighted by atomic mass is 32.2. The van der Waals surface area contributed by atoms with Crippen molar-refractivity contribution in [2.75, 3.05) is 23.6 Å². The zero-order valence-corrected chi connectivity index (χ0v) is 9.38. The fourth-order valence-corrected chi connectivity index (χ4v) is 1.36. The number of nitrogens with two attached hydrogens (primary N) is 1. The van der Waals surface area contributed by atoms with E-state index in [0.717, 1.165) is 0 Å². The first-order valence-corrected chi connectivity index (χ1v) is 6.53. The summed E-state index contributed by atoms with van der Waals surface area (Å²) in [4.78, 5) is 11.2. The molecule has 0 saturated carbocycles. The van der Waals surface area contributed by atoms with Crippen LogP contribution in [0.5, 0.6) is 0 Å². The molecule has 5 nitrogen and oxygen atoms in total. The molecule has 1 rings (SSSR count). The molecular weight excluding hydrogens is 214 g/mol. The lowest BCUT2D eigenvalue weighted by Crippen LogP contribution is -2.09. The van der Waals surface area contributed by atoms with Gasteiger partial charge in [-0.15, -0.1) is 4.36 Å². The maximum atomic E-state index is 11.2.